The molecule has 6 unspecified atom stereocenters. The van der Waals surface area contributed by atoms with Crippen molar-refractivity contribution >= 4 is 25.0 Å². The Bertz CT molecular complexity index is 790. The molecule has 290 valence electrons. The third-order valence-electron chi connectivity index (χ3n) is 8.40. The Kier molecular flexibility index (Phi) is 23.8. The van der Waals surface area contributed by atoms with Crippen molar-refractivity contribution in [2.75, 3.05) is 93.4 Å². The van der Waals surface area contributed by atoms with Gasteiger partial charge in [-0.05, 0) is 96.3 Å². The lowest BCUT2D eigenvalue weighted by atomic mass is 10.2. The second-order valence-electron chi connectivity index (χ2n) is 16.7. The first-order chi connectivity index (χ1) is 22.0. The number of hydrogen-bond donors (Lipinski definition) is 6. The van der Waals surface area contributed by atoms with Gasteiger partial charge in [0.15, 0.2) is 25.0 Å². The number of hydrogen-bond acceptors (Lipinski definition) is 12. The van der Waals surface area contributed by atoms with Gasteiger partial charge in [-0.2, -0.15) is 0 Å². The summed E-state index contributed by atoms with van der Waals surface area (Å²) in [6.45, 7) is 24.1. The Morgan fingerprint density at radius 2 is 0.750 bits per heavy atom. The first-order valence-electron chi connectivity index (χ1n) is 17.9. The van der Waals surface area contributed by atoms with Crippen molar-refractivity contribution in [1.29, 1.82) is 0 Å². The monoisotopic (exact) mass is 743 g/mol. The Hall–Kier alpha value is 0.171. The molecule has 6 atom stereocenters. The second kappa shape index (κ2) is 23.7. The maximum Gasteiger partial charge on any atom is 0.187 e. The quantitative estimate of drug-likeness (QED) is 0.0619. The maximum absolute atomic E-state index is 9.85. The first-order valence-corrected chi connectivity index (χ1v) is 27.2. The van der Waals surface area contributed by atoms with Gasteiger partial charge in [0.25, 0.3) is 0 Å². The molecule has 0 bridgehead atoms. The highest BCUT2D eigenvalue weighted by molar-refractivity contribution is 6.72. The van der Waals surface area contributed by atoms with Crippen molar-refractivity contribution in [2.45, 2.75) is 103 Å². The van der Waals surface area contributed by atoms with Crippen molar-refractivity contribution < 1.29 is 43.9 Å². The van der Waals surface area contributed by atoms with Crippen LogP contribution in [0.5, 0.6) is 0 Å². The van der Waals surface area contributed by atoms with Gasteiger partial charge in [0.05, 0.1) is 57.5 Å². The zero-order chi connectivity index (χ0) is 37.3. The van der Waals surface area contributed by atoms with E-state index in [1.165, 1.54) is 0 Å². The molecule has 0 aromatic rings. The smallest absolute Gasteiger partial charge is 0.187 e. The maximum atomic E-state index is 9.85. The summed E-state index contributed by atoms with van der Waals surface area (Å²) in [6, 6.07) is 2.86. The van der Waals surface area contributed by atoms with Gasteiger partial charge < -0.3 is 58.6 Å². The molecule has 0 saturated heterocycles. The van der Waals surface area contributed by atoms with Crippen molar-refractivity contribution in [3.8, 4) is 0 Å². The molecule has 0 saturated carbocycles. The number of aliphatic hydroxyl groups excluding tert-OH is 6. The molecular weight excluding hydrogens is 667 g/mol. The Morgan fingerprint density at radius 1 is 0.479 bits per heavy atom. The van der Waals surface area contributed by atoms with E-state index >= 15 is 0 Å². The highest BCUT2D eigenvalue weighted by Gasteiger charge is 2.34. The number of aliphatic hydroxyl groups is 6. The summed E-state index contributed by atoms with van der Waals surface area (Å²) in [5.41, 5.74) is 0. The summed E-state index contributed by atoms with van der Waals surface area (Å²) in [4.78, 5) is 6.19. The standard InChI is InChI=1S/C33H77N3O9Si3/c1-27(13-34(4)16-30(40)19-37)24-46(7,8)43-22-33(45-48(11,12)26-29(3)15-36(6)18-32(42)21-39)23-44-47(9,10)25-28(2)14-35(5)17-31(41)20-38/h27-33,37-42H,13-26H2,1-12H3. The van der Waals surface area contributed by atoms with Crippen LogP contribution < -0.4 is 0 Å². The lowest BCUT2D eigenvalue weighted by molar-refractivity contribution is 0.0591. The van der Waals surface area contributed by atoms with Crippen LogP contribution in [0.25, 0.3) is 0 Å². The molecular formula is C33H77N3O9Si3. The zero-order valence-corrected chi connectivity index (χ0v) is 35.7. The summed E-state index contributed by atoms with van der Waals surface area (Å²) in [6.07, 6.45) is -2.41. The van der Waals surface area contributed by atoms with Crippen molar-refractivity contribution in [2.24, 2.45) is 17.8 Å². The van der Waals surface area contributed by atoms with Crippen LogP contribution in [0.1, 0.15) is 20.8 Å². The van der Waals surface area contributed by atoms with E-state index in [4.69, 9.17) is 13.3 Å². The lowest BCUT2D eigenvalue weighted by Crippen LogP contribution is -2.47. The minimum absolute atomic E-state index is 0.193. The summed E-state index contributed by atoms with van der Waals surface area (Å²) < 4.78 is 20.4. The Balaban J connectivity index is 5.53. The Labute approximate surface area is 296 Å². The molecule has 0 amide bonds. The predicted octanol–water partition coefficient (Wildman–Crippen LogP) is 1.78. The lowest BCUT2D eigenvalue weighted by Gasteiger charge is -2.36. The summed E-state index contributed by atoms with van der Waals surface area (Å²) in [5, 5.41) is 57.1. The van der Waals surface area contributed by atoms with E-state index in [0.29, 0.717) is 50.6 Å². The zero-order valence-electron chi connectivity index (χ0n) is 32.7. The molecule has 0 heterocycles. The molecule has 0 aromatic heterocycles. The fraction of sp³-hybridized carbons (Fsp3) is 1.00. The second-order valence-corrected chi connectivity index (χ2v) is 29.3. The largest absolute Gasteiger partial charge is 0.415 e. The van der Waals surface area contributed by atoms with Crippen LogP contribution in [0.4, 0.5) is 0 Å². The number of nitrogens with zero attached hydrogens (tertiary/aromatic N) is 3. The van der Waals surface area contributed by atoms with Crippen LogP contribution in [0, 0.1) is 17.8 Å². The van der Waals surface area contributed by atoms with Crippen molar-refractivity contribution in [3.63, 3.8) is 0 Å². The summed E-state index contributed by atoms with van der Waals surface area (Å²) >= 11 is 0. The van der Waals surface area contributed by atoms with E-state index in [1.807, 2.05) is 21.1 Å². The predicted molar refractivity (Wildman–Crippen MR) is 203 cm³/mol. The number of rotatable bonds is 29. The molecule has 0 rings (SSSR count). The fourth-order valence-corrected chi connectivity index (χ4v) is 15.2. The molecule has 0 aliphatic heterocycles. The van der Waals surface area contributed by atoms with Gasteiger partial charge in [-0.15, -0.1) is 0 Å². The van der Waals surface area contributed by atoms with Gasteiger partial charge in [-0.1, -0.05) is 20.8 Å². The van der Waals surface area contributed by atoms with Crippen LogP contribution >= 0.6 is 0 Å². The molecule has 0 fully saturated rings. The van der Waals surface area contributed by atoms with Crippen LogP contribution in [-0.2, 0) is 13.3 Å². The molecule has 48 heavy (non-hydrogen) atoms. The van der Waals surface area contributed by atoms with Crippen LogP contribution in [0.2, 0.25) is 57.4 Å². The van der Waals surface area contributed by atoms with Crippen molar-refractivity contribution in [3.05, 3.63) is 0 Å². The van der Waals surface area contributed by atoms with Gasteiger partial charge in [0, 0.05) is 39.3 Å². The average Bonchev–Trinajstić information content (AvgIpc) is 2.92. The van der Waals surface area contributed by atoms with Crippen LogP contribution in [-0.4, -0.2) is 188 Å². The number of likely N-dealkylation sites (N-methyl/N-ethyl adjacent to an activating group) is 3. The van der Waals surface area contributed by atoms with Crippen LogP contribution in [0.15, 0.2) is 0 Å². The van der Waals surface area contributed by atoms with Crippen molar-refractivity contribution in [1.82, 2.24) is 14.7 Å². The molecule has 0 aliphatic carbocycles. The van der Waals surface area contributed by atoms with E-state index in [9.17, 15) is 30.6 Å². The molecule has 0 aromatic carbocycles. The third-order valence-corrected chi connectivity index (χ3v) is 16.3. The van der Waals surface area contributed by atoms with Crippen LogP contribution in [0.3, 0.4) is 0 Å². The summed E-state index contributed by atoms with van der Waals surface area (Å²) in [5.74, 6) is 1.09. The molecule has 0 spiro atoms. The SMILES string of the molecule is CC(CN(C)CC(O)CO)C[Si](C)(C)OCC(CO[Si](C)(C)CC(C)CN(C)CC(O)CO)O[Si](C)(C)CC(C)CN(C)CC(O)CO. The first kappa shape index (κ1) is 48.2. The molecule has 0 radical (unpaired) electrons. The minimum Gasteiger partial charge on any atom is -0.415 e. The molecule has 12 nitrogen and oxygen atoms in total. The molecule has 15 heteroatoms. The highest BCUT2D eigenvalue weighted by Crippen LogP contribution is 2.25. The van der Waals surface area contributed by atoms with Gasteiger partial charge in [0.2, 0.25) is 0 Å². The average molecular weight is 744 g/mol. The Morgan fingerprint density at radius 3 is 1.02 bits per heavy atom. The fourth-order valence-electron chi connectivity index (χ4n) is 7.15. The topological polar surface area (TPSA) is 159 Å². The van der Waals surface area contributed by atoms with E-state index < -0.39 is 43.3 Å². The van der Waals surface area contributed by atoms with Gasteiger partial charge >= 0.3 is 0 Å². The van der Waals surface area contributed by atoms with E-state index in [0.717, 1.165) is 37.8 Å². The van der Waals surface area contributed by atoms with Gasteiger partial charge in [-0.3, -0.25) is 0 Å². The van der Waals surface area contributed by atoms with Gasteiger partial charge in [-0.25, -0.2) is 0 Å². The minimum atomic E-state index is -2.15. The normalized spacial score (nSPS) is 17.9. The third kappa shape index (κ3) is 24.4. The summed E-state index contributed by atoms with van der Waals surface area (Å²) in [7, 11) is -0.392. The highest BCUT2D eigenvalue weighted by atomic mass is 28.4. The molecule has 0 aliphatic rings. The van der Waals surface area contributed by atoms with E-state index in [1.54, 1.807) is 0 Å². The van der Waals surface area contributed by atoms with E-state index in [-0.39, 0.29) is 25.9 Å². The van der Waals surface area contributed by atoms with Gasteiger partial charge in [0.1, 0.15) is 0 Å². The molecule has 6 N–H and O–H groups in total. The van der Waals surface area contributed by atoms with E-state index in [2.05, 4.69) is 74.8 Å².